The van der Waals surface area contributed by atoms with E-state index in [0.29, 0.717) is 11.3 Å². The van der Waals surface area contributed by atoms with Gasteiger partial charge in [0.25, 0.3) is 0 Å². The van der Waals surface area contributed by atoms with E-state index >= 15 is 0 Å². The Balaban J connectivity index is 3.13. The second-order valence-electron chi connectivity index (χ2n) is 2.04. The highest BCUT2D eigenvalue weighted by molar-refractivity contribution is 6.17. The Hall–Kier alpha value is -0.800. The molecular weight excluding hydrogens is 167 g/mol. The highest BCUT2D eigenvalue weighted by atomic mass is 35.5. The lowest BCUT2D eigenvalue weighted by molar-refractivity contribution is 0.617. The second kappa shape index (κ2) is 3.55. The van der Waals surface area contributed by atoms with E-state index in [4.69, 9.17) is 17.4 Å². The first-order chi connectivity index (χ1) is 5.29. The van der Waals surface area contributed by atoms with Crippen molar-refractivity contribution in [3.63, 3.8) is 0 Å². The molecule has 0 aromatic heterocycles. The van der Waals surface area contributed by atoms with Crippen LogP contribution in [0.2, 0.25) is 0 Å². The van der Waals surface area contributed by atoms with E-state index in [0.717, 1.165) is 0 Å². The first-order valence-corrected chi connectivity index (χ1v) is 3.63. The molecule has 1 aromatic rings. The first kappa shape index (κ1) is 8.30. The van der Waals surface area contributed by atoms with Crippen LogP contribution < -0.4 is 11.3 Å². The number of halogens is 2. The van der Waals surface area contributed by atoms with Gasteiger partial charge in [-0.2, -0.15) is 0 Å². The summed E-state index contributed by atoms with van der Waals surface area (Å²) < 4.78 is 12.9. The van der Waals surface area contributed by atoms with Gasteiger partial charge in [0.1, 0.15) is 5.82 Å². The van der Waals surface area contributed by atoms with E-state index in [2.05, 4.69) is 5.43 Å². The quantitative estimate of drug-likeness (QED) is 0.408. The Morgan fingerprint density at radius 3 is 2.73 bits per heavy atom. The standard InChI is InChI=1S/C7H8ClFN2/c8-4-5-6(9)2-1-3-7(5)11-10/h1-3,11H,4,10H2. The zero-order valence-corrected chi connectivity index (χ0v) is 6.53. The number of nitrogens with one attached hydrogen (secondary N) is 1. The molecule has 0 saturated carbocycles. The smallest absolute Gasteiger partial charge is 0.129 e. The largest absolute Gasteiger partial charge is 0.324 e. The third-order valence-corrected chi connectivity index (χ3v) is 1.68. The van der Waals surface area contributed by atoms with Crippen LogP contribution >= 0.6 is 11.6 Å². The number of alkyl halides is 1. The van der Waals surface area contributed by atoms with Crippen LogP contribution in [0.5, 0.6) is 0 Å². The molecule has 0 aliphatic carbocycles. The Kier molecular flexibility index (Phi) is 2.68. The molecule has 3 N–H and O–H groups in total. The molecule has 0 saturated heterocycles. The van der Waals surface area contributed by atoms with Crippen molar-refractivity contribution in [3.8, 4) is 0 Å². The number of nitrogen functional groups attached to an aromatic ring is 1. The molecule has 0 fully saturated rings. The maximum absolute atomic E-state index is 12.9. The van der Waals surface area contributed by atoms with Gasteiger partial charge < -0.3 is 5.43 Å². The van der Waals surface area contributed by atoms with Crippen molar-refractivity contribution < 1.29 is 4.39 Å². The van der Waals surface area contributed by atoms with E-state index in [9.17, 15) is 4.39 Å². The van der Waals surface area contributed by atoms with Gasteiger partial charge in [-0.3, -0.25) is 5.84 Å². The molecule has 11 heavy (non-hydrogen) atoms. The highest BCUT2D eigenvalue weighted by Crippen LogP contribution is 2.19. The van der Waals surface area contributed by atoms with Crippen molar-refractivity contribution in [2.24, 2.45) is 5.84 Å². The van der Waals surface area contributed by atoms with Crippen LogP contribution in [-0.4, -0.2) is 0 Å². The maximum Gasteiger partial charge on any atom is 0.129 e. The van der Waals surface area contributed by atoms with Crippen molar-refractivity contribution in [1.82, 2.24) is 0 Å². The van der Waals surface area contributed by atoms with Gasteiger partial charge in [0, 0.05) is 5.56 Å². The van der Waals surface area contributed by atoms with E-state index < -0.39 is 0 Å². The van der Waals surface area contributed by atoms with Gasteiger partial charge in [-0.25, -0.2) is 4.39 Å². The Morgan fingerprint density at radius 2 is 2.27 bits per heavy atom. The van der Waals surface area contributed by atoms with E-state index in [1.165, 1.54) is 6.07 Å². The number of hydrazine groups is 1. The average molecular weight is 175 g/mol. The van der Waals surface area contributed by atoms with Crippen molar-refractivity contribution in [2.75, 3.05) is 5.43 Å². The van der Waals surface area contributed by atoms with Gasteiger partial charge >= 0.3 is 0 Å². The van der Waals surface area contributed by atoms with Gasteiger partial charge in [-0.15, -0.1) is 11.6 Å². The van der Waals surface area contributed by atoms with Crippen LogP contribution in [0, 0.1) is 5.82 Å². The Morgan fingerprint density at radius 1 is 1.55 bits per heavy atom. The molecule has 0 aliphatic rings. The minimum atomic E-state index is -0.338. The van der Waals surface area contributed by atoms with E-state index in [1.807, 2.05) is 0 Å². The van der Waals surface area contributed by atoms with Gasteiger partial charge in [-0.05, 0) is 12.1 Å². The van der Waals surface area contributed by atoms with Crippen LogP contribution in [0.15, 0.2) is 18.2 Å². The Labute approximate surface area is 69.1 Å². The summed E-state index contributed by atoms with van der Waals surface area (Å²) in [5.41, 5.74) is 3.29. The Bertz CT molecular complexity index is 252. The summed E-state index contributed by atoms with van der Waals surface area (Å²) in [6.07, 6.45) is 0. The molecule has 0 radical (unpaired) electrons. The highest BCUT2D eigenvalue weighted by Gasteiger charge is 2.04. The lowest BCUT2D eigenvalue weighted by Gasteiger charge is -2.05. The van der Waals surface area contributed by atoms with Crippen LogP contribution in [-0.2, 0) is 5.88 Å². The van der Waals surface area contributed by atoms with E-state index in [-0.39, 0.29) is 11.7 Å². The molecule has 0 amide bonds. The molecule has 60 valence electrons. The minimum Gasteiger partial charge on any atom is -0.324 e. The fourth-order valence-corrected chi connectivity index (χ4v) is 1.10. The number of anilines is 1. The number of rotatable bonds is 2. The molecule has 1 rings (SSSR count). The van der Waals surface area contributed by atoms with Crippen molar-refractivity contribution in [3.05, 3.63) is 29.6 Å². The molecule has 1 aromatic carbocycles. The van der Waals surface area contributed by atoms with Crippen LogP contribution in [0.3, 0.4) is 0 Å². The molecule has 0 atom stereocenters. The normalized spacial score (nSPS) is 9.73. The van der Waals surface area contributed by atoms with Gasteiger partial charge in [0.2, 0.25) is 0 Å². The fourth-order valence-electron chi connectivity index (χ4n) is 0.830. The predicted octanol–water partition coefficient (Wildman–Crippen LogP) is 1.85. The predicted molar refractivity (Wildman–Crippen MR) is 43.8 cm³/mol. The monoisotopic (exact) mass is 174 g/mol. The van der Waals surface area contributed by atoms with Crippen LogP contribution in [0.1, 0.15) is 5.56 Å². The molecule has 0 aliphatic heterocycles. The topological polar surface area (TPSA) is 38.0 Å². The molecule has 0 heterocycles. The summed E-state index contributed by atoms with van der Waals surface area (Å²) in [7, 11) is 0. The average Bonchev–Trinajstić information content (AvgIpc) is 2.04. The summed E-state index contributed by atoms with van der Waals surface area (Å²) in [6, 6.07) is 4.58. The van der Waals surface area contributed by atoms with Crippen molar-refractivity contribution in [1.29, 1.82) is 0 Å². The number of hydrogen-bond acceptors (Lipinski definition) is 2. The van der Waals surface area contributed by atoms with Crippen LogP contribution in [0.4, 0.5) is 10.1 Å². The number of nitrogens with two attached hydrogens (primary N) is 1. The molecular formula is C7H8ClFN2. The summed E-state index contributed by atoms with van der Waals surface area (Å²) in [4.78, 5) is 0. The summed E-state index contributed by atoms with van der Waals surface area (Å²) in [5, 5.41) is 0. The minimum absolute atomic E-state index is 0.117. The van der Waals surface area contributed by atoms with Gasteiger partial charge in [-0.1, -0.05) is 6.07 Å². The lowest BCUT2D eigenvalue weighted by Crippen LogP contribution is -2.09. The third-order valence-electron chi connectivity index (χ3n) is 1.41. The SMILES string of the molecule is NNc1cccc(F)c1CCl. The van der Waals surface area contributed by atoms with Gasteiger partial charge in [0.05, 0.1) is 11.6 Å². The summed E-state index contributed by atoms with van der Waals surface area (Å²) >= 11 is 5.48. The molecule has 0 bridgehead atoms. The number of benzene rings is 1. The van der Waals surface area contributed by atoms with E-state index in [1.54, 1.807) is 12.1 Å². The van der Waals surface area contributed by atoms with Crippen molar-refractivity contribution >= 4 is 17.3 Å². The maximum atomic E-state index is 12.9. The van der Waals surface area contributed by atoms with Crippen LogP contribution in [0.25, 0.3) is 0 Å². The first-order valence-electron chi connectivity index (χ1n) is 3.09. The molecule has 0 unspecified atom stereocenters. The molecule has 4 heteroatoms. The lowest BCUT2D eigenvalue weighted by atomic mass is 10.2. The summed E-state index contributed by atoms with van der Waals surface area (Å²) in [6.45, 7) is 0. The summed E-state index contributed by atoms with van der Waals surface area (Å²) in [5.74, 6) is 4.90. The fraction of sp³-hybridized carbons (Fsp3) is 0.143. The zero-order chi connectivity index (χ0) is 8.27. The number of hydrogen-bond donors (Lipinski definition) is 2. The second-order valence-corrected chi connectivity index (χ2v) is 2.31. The zero-order valence-electron chi connectivity index (χ0n) is 5.77. The van der Waals surface area contributed by atoms with Crippen molar-refractivity contribution in [2.45, 2.75) is 5.88 Å². The third kappa shape index (κ3) is 1.61. The van der Waals surface area contributed by atoms with Gasteiger partial charge in [0.15, 0.2) is 0 Å². The molecule has 2 nitrogen and oxygen atoms in total. The molecule has 0 spiro atoms.